The van der Waals surface area contributed by atoms with Crippen LogP contribution in [-0.4, -0.2) is 24.9 Å². The van der Waals surface area contributed by atoms with Crippen molar-refractivity contribution in [3.63, 3.8) is 0 Å². The van der Waals surface area contributed by atoms with Crippen LogP contribution in [0.3, 0.4) is 0 Å². The molecule has 3 nitrogen and oxygen atoms in total. The van der Waals surface area contributed by atoms with E-state index in [0.29, 0.717) is 25.7 Å². The minimum absolute atomic E-state index is 0.235. The van der Waals surface area contributed by atoms with E-state index in [1.165, 1.54) is 5.56 Å². The average Bonchev–Trinajstić information content (AvgIpc) is 2.52. The van der Waals surface area contributed by atoms with Gasteiger partial charge in [-0.1, -0.05) is 31.2 Å². The highest BCUT2D eigenvalue weighted by atomic mass is 16.5. The number of benzene rings is 1. The Kier molecular flexibility index (Phi) is 3.61. The molecule has 1 heterocycles. The second kappa shape index (κ2) is 5.14. The summed E-state index contributed by atoms with van der Waals surface area (Å²) in [4.78, 5) is 0. The maximum absolute atomic E-state index is 11.6. The largest absolute Gasteiger partial charge is 0.385 e. The van der Waals surface area contributed by atoms with Gasteiger partial charge in [0.05, 0.1) is 5.60 Å². The van der Waals surface area contributed by atoms with Crippen molar-refractivity contribution < 1.29 is 9.84 Å². The van der Waals surface area contributed by atoms with Crippen LogP contribution in [0.2, 0.25) is 0 Å². The van der Waals surface area contributed by atoms with Crippen LogP contribution in [0.25, 0.3) is 0 Å². The molecule has 110 valence electrons. The second-order valence-electron chi connectivity index (χ2n) is 6.48. The number of ether oxygens (including phenoxy) is 1. The predicted octanol–water partition coefficient (Wildman–Crippen LogP) is 2.53. The van der Waals surface area contributed by atoms with Gasteiger partial charge in [-0.15, -0.1) is 0 Å². The minimum Gasteiger partial charge on any atom is -0.385 e. The lowest BCUT2D eigenvalue weighted by molar-refractivity contribution is -0.144. The molecule has 2 unspecified atom stereocenters. The molecule has 2 atom stereocenters. The van der Waals surface area contributed by atoms with Crippen LogP contribution in [0.5, 0.6) is 0 Å². The normalized spacial score (nSPS) is 32.6. The van der Waals surface area contributed by atoms with Gasteiger partial charge in [-0.3, -0.25) is 0 Å². The van der Waals surface area contributed by atoms with Gasteiger partial charge in [0, 0.05) is 25.2 Å². The topological polar surface area (TPSA) is 55.5 Å². The summed E-state index contributed by atoms with van der Waals surface area (Å²) in [5.41, 5.74) is 7.49. The van der Waals surface area contributed by atoms with Gasteiger partial charge in [0.15, 0.2) is 0 Å². The molecule has 1 aliphatic carbocycles. The molecule has 1 aromatic rings. The lowest BCUT2D eigenvalue weighted by atomic mass is 9.58. The molecule has 3 N–H and O–H groups in total. The Hall–Kier alpha value is -0.900. The van der Waals surface area contributed by atoms with Gasteiger partial charge < -0.3 is 15.6 Å². The molecule has 1 aromatic carbocycles. The van der Waals surface area contributed by atoms with E-state index in [2.05, 4.69) is 25.1 Å². The quantitative estimate of drug-likeness (QED) is 0.872. The van der Waals surface area contributed by atoms with E-state index < -0.39 is 5.60 Å². The summed E-state index contributed by atoms with van der Waals surface area (Å²) in [5.74, 6) is 0.515. The SMILES string of the molecule is CC1CCC(O)(C2(CN)CCOCC2)c2ccccc21. The monoisotopic (exact) mass is 275 g/mol. The Balaban J connectivity index is 2.09. The van der Waals surface area contributed by atoms with E-state index >= 15 is 0 Å². The van der Waals surface area contributed by atoms with E-state index in [1.54, 1.807) is 0 Å². The van der Waals surface area contributed by atoms with E-state index in [-0.39, 0.29) is 5.41 Å². The van der Waals surface area contributed by atoms with Crippen LogP contribution in [0.15, 0.2) is 24.3 Å². The van der Waals surface area contributed by atoms with Gasteiger partial charge in [0.25, 0.3) is 0 Å². The average molecular weight is 275 g/mol. The highest BCUT2D eigenvalue weighted by Gasteiger charge is 2.53. The summed E-state index contributed by atoms with van der Waals surface area (Å²) in [6.45, 7) is 4.18. The smallest absolute Gasteiger partial charge is 0.0969 e. The standard InChI is InChI=1S/C17H25NO2/c1-13-6-7-17(19,15-5-3-2-4-14(13)15)16(12-18)8-10-20-11-9-16/h2-5,13,19H,6-12,18H2,1H3. The maximum Gasteiger partial charge on any atom is 0.0969 e. The Labute approximate surface area is 121 Å². The lowest BCUT2D eigenvalue weighted by Crippen LogP contribution is -2.54. The van der Waals surface area contributed by atoms with Crippen molar-refractivity contribution in [3.05, 3.63) is 35.4 Å². The molecule has 0 spiro atoms. The Morgan fingerprint density at radius 1 is 1.25 bits per heavy atom. The minimum atomic E-state index is -0.797. The third kappa shape index (κ3) is 1.92. The molecular formula is C17H25NO2. The Bertz CT molecular complexity index is 482. The predicted molar refractivity (Wildman–Crippen MR) is 79.5 cm³/mol. The van der Waals surface area contributed by atoms with Crippen LogP contribution < -0.4 is 5.73 Å². The van der Waals surface area contributed by atoms with E-state index in [0.717, 1.165) is 31.2 Å². The summed E-state index contributed by atoms with van der Waals surface area (Å²) in [6, 6.07) is 8.36. The first-order valence-electron chi connectivity index (χ1n) is 7.73. The van der Waals surface area contributed by atoms with Gasteiger partial charge >= 0.3 is 0 Å². The number of hydrogen-bond donors (Lipinski definition) is 2. The first kappa shape index (κ1) is 14.1. The molecule has 0 bridgehead atoms. The molecule has 0 radical (unpaired) electrons. The molecule has 3 heteroatoms. The molecule has 0 amide bonds. The summed E-state index contributed by atoms with van der Waals surface area (Å²) < 4.78 is 5.50. The zero-order chi connectivity index (χ0) is 14.2. The summed E-state index contributed by atoms with van der Waals surface area (Å²) in [5, 5.41) is 11.6. The zero-order valence-corrected chi connectivity index (χ0v) is 12.3. The maximum atomic E-state index is 11.6. The lowest BCUT2D eigenvalue weighted by Gasteiger charge is -2.52. The number of nitrogens with two attached hydrogens (primary N) is 1. The van der Waals surface area contributed by atoms with Crippen molar-refractivity contribution in [3.8, 4) is 0 Å². The van der Waals surface area contributed by atoms with Gasteiger partial charge in [-0.05, 0) is 42.7 Å². The van der Waals surface area contributed by atoms with Crippen LogP contribution in [0.1, 0.15) is 49.7 Å². The van der Waals surface area contributed by atoms with E-state index in [1.807, 2.05) is 6.07 Å². The fourth-order valence-electron chi connectivity index (χ4n) is 4.12. The fourth-order valence-corrected chi connectivity index (χ4v) is 4.12. The molecule has 0 saturated carbocycles. The van der Waals surface area contributed by atoms with E-state index in [4.69, 9.17) is 10.5 Å². The first-order valence-corrected chi connectivity index (χ1v) is 7.73. The van der Waals surface area contributed by atoms with Crippen LogP contribution >= 0.6 is 0 Å². The molecule has 1 fully saturated rings. The number of aliphatic hydroxyl groups is 1. The number of fused-ring (bicyclic) bond motifs is 1. The van der Waals surface area contributed by atoms with Gasteiger partial charge in [0.2, 0.25) is 0 Å². The van der Waals surface area contributed by atoms with Gasteiger partial charge in [-0.25, -0.2) is 0 Å². The third-order valence-electron chi connectivity index (χ3n) is 5.59. The van der Waals surface area contributed by atoms with Crippen molar-refractivity contribution >= 4 is 0 Å². The van der Waals surface area contributed by atoms with E-state index in [9.17, 15) is 5.11 Å². The molecule has 1 saturated heterocycles. The van der Waals surface area contributed by atoms with Crippen molar-refractivity contribution in [2.75, 3.05) is 19.8 Å². The number of rotatable bonds is 2. The highest BCUT2D eigenvalue weighted by Crippen LogP contribution is 2.54. The second-order valence-corrected chi connectivity index (χ2v) is 6.48. The van der Waals surface area contributed by atoms with Gasteiger partial charge in [0.1, 0.15) is 0 Å². The van der Waals surface area contributed by atoms with Crippen molar-refractivity contribution in [1.82, 2.24) is 0 Å². The van der Waals surface area contributed by atoms with Crippen molar-refractivity contribution in [2.45, 2.75) is 44.1 Å². The van der Waals surface area contributed by atoms with Crippen molar-refractivity contribution in [1.29, 1.82) is 0 Å². The van der Waals surface area contributed by atoms with Gasteiger partial charge in [-0.2, -0.15) is 0 Å². The molecule has 2 aliphatic rings. The fraction of sp³-hybridized carbons (Fsp3) is 0.647. The Morgan fingerprint density at radius 3 is 2.65 bits per heavy atom. The van der Waals surface area contributed by atoms with Crippen LogP contribution in [-0.2, 0) is 10.3 Å². The first-order chi connectivity index (χ1) is 9.63. The summed E-state index contributed by atoms with van der Waals surface area (Å²) in [6.07, 6.45) is 3.53. The number of hydrogen-bond acceptors (Lipinski definition) is 3. The third-order valence-corrected chi connectivity index (χ3v) is 5.59. The van der Waals surface area contributed by atoms with Crippen LogP contribution in [0, 0.1) is 5.41 Å². The van der Waals surface area contributed by atoms with Crippen molar-refractivity contribution in [2.24, 2.45) is 11.1 Å². The highest BCUT2D eigenvalue weighted by molar-refractivity contribution is 5.39. The van der Waals surface area contributed by atoms with Crippen LogP contribution in [0.4, 0.5) is 0 Å². The molecule has 3 rings (SSSR count). The zero-order valence-electron chi connectivity index (χ0n) is 12.3. The Morgan fingerprint density at radius 2 is 1.95 bits per heavy atom. The molecule has 1 aliphatic heterocycles. The molecule has 0 aromatic heterocycles. The molecular weight excluding hydrogens is 250 g/mol. The summed E-state index contributed by atoms with van der Waals surface area (Å²) in [7, 11) is 0. The summed E-state index contributed by atoms with van der Waals surface area (Å²) >= 11 is 0. The molecule has 20 heavy (non-hydrogen) atoms.